The molecule has 0 fully saturated rings. The number of nitrogens with zero attached hydrogens (tertiary/aromatic N) is 2. The Kier molecular flexibility index (Phi) is 5.18. The minimum absolute atomic E-state index is 0.0199. The molecule has 1 N–H and O–H groups in total. The second-order valence-corrected chi connectivity index (χ2v) is 6.31. The van der Waals surface area contributed by atoms with Crippen LogP contribution in [0.5, 0.6) is 0 Å². The van der Waals surface area contributed by atoms with Crippen LogP contribution < -0.4 is 5.32 Å². The average molecular weight is 388 g/mol. The van der Waals surface area contributed by atoms with Gasteiger partial charge in [0, 0.05) is 30.6 Å². The number of amides is 3. The number of fused-ring (bicyclic) bond motifs is 1. The predicted molar refractivity (Wildman–Crippen MR) is 96.4 cm³/mol. The fraction of sp³-hybridized carbons (Fsp3) is 0.167. The van der Waals surface area contributed by atoms with Gasteiger partial charge in [-0.25, -0.2) is 0 Å². The fourth-order valence-corrected chi connectivity index (χ4v) is 3.03. The van der Waals surface area contributed by atoms with Gasteiger partial charge in [-0.2, -0.15) is 0 Å². The Bertz CT molecular complexity index is 960. The summed E-state index contributed by atoms with van der Waals surface area (Å²) in [7, 11) is 0. The number of benzene rings is 2. The lowest BCUT2D eigenvalue weighted by atomic mass is 10.1. The number of carbonyl (C=O) groups excluding carboxylic acids is 3. The first-order valence-electron chi connectivity index (χ1n) is 8.03. The number of rotatable bonds is 6. The van der Waals surface area contributed by atoms with Crippen LogP contribution in [0.2, 0.25) is 5.02 Å². The summed E-state index contributed by atoms with van der Waals surface area (Å²) in [5, 5.41) is 14.3. The fourth-order valence-electron chi connectivity index (χ4n) is 2.82. The van der Waals surface area contributed by atoms with Crippen LogP contribution in [0.4, 0.5) is 5.69 Å². The maximum atomic E-state index is 12.4. The van der Waals surface area contributed by atoms with E-state index in [0.29, 0.717) is 5.02 Å². The monoisotopic (exact) mass is 387 g/mol. The number of hydrogen-bond donors (Lipinski definition) is 1. The predicted octanol–water partition coefficient (Wildman–Crippen LogP) is 2.55. The van der Waals surface area contributed by atoms with Crippen LogP contribution in [0.15, 0.2) is 42.5 Å². The molecule has 0 atom stereocenters. The summed E-state index contributed by atoms with van der Waals surface area (Å²) in [5.41, 5.74) is 0.145. The topological polar surface area (TPSA) is 110 Å². The highest BCUT2D eigenvalue weighted by Gasteiger charge is 2.40. The second kappa shape index (κ2) is 7.55. The van der Waals surface area contributed by atoms with Crippen LogP contribution in [0.25, 0.3) is 0 Å². The van der Waals surface area contributed by atoms with Gasteiger partial charge >= 0.3 is 0 Å². The first-order chi connectivity index (χ1) is 12.9. The van der Waals surface area contributed by atoms with Crippen molar-refractivity contribution in [3.05, 3.63) is 74.3 Å². The van der Waals surface area contributed by atoms with Crippen molar-refractivity contribution in [3.63, 3.8) is 0 Å². The van der Waals surface area contributed by atoms with E-state index in [4.69, 9.17) is 11.6 Å². The molecule has 0 unspecified atom stereocenters. The molecule has 0 saturated carbocycles. The zero-order valence-corrected chi connectivity index (χ0v) is 14.7. The second-order valence-electron chi connectivity index (χ2n) is 5.88. The van der Waals surface area contributed by atoms with Gasteiger partial charge in [-0.1, -0.05) is 29.8 Å². The van der Waals surface area contributed by atoms with E-state index < -0.39 is 22.4 Å². The lowest BCUT2D eigenvalue weighted by Gasteiger charge is -2.13. The minimum atomic E-state index is -0.759. The Labute approximate surface area is 158 Å². The van der Waals surface area contributed by atoms with Crippen LogP contribution >= 0.6 is 11.6 Å². The van der Waals surface area contributed by atoms with E-state index in [-0.39, 0.29) is 36.5 Å². The molecule has 3 rings (SSSR count). The zero-order chi connectivity index (χ0) is 19.6. The third-order valence-electron chi connectivity index (χ3n) is 4.11. The number of imide groups is 1. The maximum absolute atomic E-state index is 12.4. The Balaban J connectivity index is 1.62. The number of carbonyl (C=O) groups is 3. The van der Waals surface area contributed by atoms with E-state index in [1.807, 2.05) is 0 Å². The Morgan fingerprint density at radius 3 is 2.59 bits per heavy atom. The Morgan fingerprint density at radius 1 is 1.15 bits per heavy atom. The van der Waals surface area contributed by atoms with Gasteiger partial charge in [0.1, 0.15) is 5.56 Å². The van der Waals surface area contributed by atoms with Crippen molar-refractivity contribution in [2.75, 3.05) is 6.54 Å². The van der Waals surface area contributed by atoms with Crippen molar-refractivity contribution in [3.8, 4) is 0 Å². The van der Waals surface area contributed by atoms with Gasteiger partial charge < -0.3 is 5.32 Å². The van der Waals surface area contributed by atoms with Crippen molar-refractivity contribution in [1.82, 2.24) is 10.2 Å². The minimum Gasteiger partial charge on any atom is -0.352 e. The number of halogens is 1. The summed E-state index contributed by atoms with van der Waals surface area (Å²) in [6, 6.07) is 10.9. The number of nitrogens with one attached hydrogen (secondary N) is 1. The lowest BCUT2D eigenvalue weighted by molar-refractivity contribution is -0.385. The third-order valence-corrected chi connectivity index (χ3v) is 4.35. The smallest absolute Gasteiger partial charge is 0.282 e. The quantitative estimate of drug-likeness (QED) is 0.465. The standard InChI is InChI=1S/C18H14ClN3O5/c19-12-4-1-3-11(9-12)10-20-15(23)7-8-21-17(24)13-5-2-6-14(22(26)27)16(13)18(21)25/h1-6,9H,7-8,10H2,(H,20,23). The highest BCUT2D eigenvalue weighted by Crippen LogP contribution is 2.30. The molecule has 0 saturated heterocycles. The molecule has 0 bridgehead atoms. The van der Waals surface area contributed by atoms with Crippen molar-refractivity contribution in [2.45, 2.75) is 13.0 Å². The number of nitro benzene ring substituents is 1. The Morgan fingerprint density at radius 2 is 1.89 bits per heavy atom. The highest BCUT2D eigenvalue weighted by atomic mass is 35.5. The summed E-state index contributed by atoms with van der Waals surface area (Å²) in [6.07, 6.45) is -0.111. The molecule has 0 spiro atoms. The summed E-state index contributed by atoms with van der Waals surface area (Å²) in [4.78, 5) is 48.0. The molecule has 0 radical (unpaired) electrons. The third kappa shape index (κ3) is 3.80. The molecule has 1 heterocycles. The zero-order valence-electron chi connectivity index (χ0n) is 14.0. The molecule has 27 heavy (non-hydrogen) atoms. The molecule has 1 aliphatic heterocycles. The van der Waals surface area contributed by atoms with E-state index in [2.05, 4.69) is 5.32 Å². The molecule has 2 aromatic rings. The van der Waals surface area contributed by atoms with Crippen LogP contribution in [0.3, 0.4) is 0 Å². The van der Waals surface area contributed by atoms with E-state index in [1.165, 1.54) is 18.2 Å². The van der Waals surface area contributed by atoms with Crippen LogP contribution in [0, 0.1) is 10.1 Å². The van der Waals surface area contributed by atoms with Crippen molar-refractivity contribution in [2.24, 2.45) is 0 Å². The molecule has 0 aromatic heterocycles. The van der Waals surface area contributed by atoms with Crippen LogP contribution in [-0.4, -0.2) is 34.1 Å². The van der Waals surface area contributed by atoms with Gasteiger partial charge in [0.15, 0.2) is 0 Å². The van der Waals surface area contributed by atoms with E-state index in [9.17, 15) is 24.5 Å². The van der Waals surface area contributed by atoms with Crippen molar-refractivity contribution < 1.29 is 19.3 Å². The van der Waals surface area contributed by atoms with Gasteiger partial charge in [-0.15, -0.1) is 0 Å². The normalized spacial score (nSPS) is 12.9. The van der Waals surface area contributed by atoms with Crippen molar-refractivity contribution >= 4 is 35.0 Å². The SMILES string of the molecule is O=C(CCN1C(=O)c2cccc([N+](=O)[O-])c2C1=O)NCc1cccc(Cl)c1. The molecule has 3 amide bonds. The molecule has 1 aliphatic rings. The molecule has 9 heteroatoms. The van der Waals surface area contributed by atoms with Gasteiger partial charge in [0.25, 0.3) is 17.5 Å². The first-order valence-corrected chi connectivity index (χ1v) is 8.41. The number of nitro groups is 1. The van der Waals surface area contributed by atoms with Crippen LogP contribution in [0.1, 0.15) is 32.7 Å². The van der Waals surface area contributed by atoms with Gasteiger partial charge in [0.2, 0.25) is 5.91 Å². The lowest BCUT2D eigenvalue weighted by Crippen LogP contribution is -2.34. The van der Waals surface area contributed by atoms with E-state index in [1.54, 1.807) is 24.3 Å². The van der Waals surface area contributed by atoms with E-state index >= 15 is 0 Å². The molecule has 8 nitrogen and oxygen atoms in total. The number of hydrogen-bond acceptors (Lipinski definition) is 5. The molecule has 2 aromatic carbocycles. The molecular formula is C18H14ClN3O5. The largest absolute Gasteiger partial charge is 0.352 e. The first kappa shape index (κ1) is 18.5. The molecular weight excluding hydrogens is 374 g/mol. The van der Waals surface area contributed by atoms with Crippen LogP contribution in [-0.2, 0) is 11.3 Å². The Hall–Kier alpha value is -3.26. The summed E-state index contributed by atoms with van der Waals surface area (Å²) in [6.45, 7) is 0.0951. The maximum Gasteiger partial charge on any atom is 0.282 e. The highest BCUT2D eigenvalue weighted by molar-refractivity contribution is 6.30. The van der Waals surface area contributed by atoms with Gasteiger partial charge in [-0.05, 0) is 23.8 Å². The van der Waals surface area contributed by atoms with Gasteiger partial charge in [-0.3, -0.25) is 29.4 Å². The van der Waals surface area contributed by atoms with Gasteiger partial charge in [0.05, 0.1) is 10.5 Å². The van der Waals surface area contributed by atoms with Crippen molar-refractivity contribution in [1.29, 1.82) is 0 Å². The summed E-state index contributed by atoms with van der Waals surface area (Å²) in [5.74, 6) is -1.76. The average Bonchev–Trinajstić information content (AvgIpc) is 2.89. The van der Waals surface area contributed by atoms with E-state index in [0.717, 1.165) is 10.5 Å². The summed E-state index contributed by atoms with van der Waals surface area (Å²) >= 11 is 5.88. The summed E-state index contributed by atoms with van der Waals surface area (Å²) < 4.78 is 0. The molecule has 138 valence electrons. The molecule has 0 aliphatic carbocycles.